The molecule has 174 valence electrons. The van der Waals surface area contributed by atoms with Gasteiger partial charge < -0.3 is 20.7 Å². The maximum absolute atomic E-state index is 13.2. The van der Waals surface area contributed by atoms with Crippen molar-refractivity contribution >= 4 is 29.2 Å². The van der Waals surface area contributed by atoms with Crippen molar-refractivity contribution in [3.8, 4) is 5.75 Å². The van der Waals surface area contributed by atoms with Crippen LogP contribution in [0.2, 0.25) is 0 Å². The Balaban J connectivity index is 1.33. The minimum absolute atomic E-state index is 0.00318. The molecule has 1 fully saturated rings. The maximum Gasteiger partial charge on any atom is 0.281 e. The van der Waals surface area contributed by atoms with Gasteiger partial charge in [0, 0.05) is 50.7 Å². The number of anilines is 4. The Hall–Kier alpha value is -3.66. The zero-order valence-electron chi connectivity index (χ0n) is 18.7. The SMILES string of the molecule is CN(C)c1ccc(C(=O)n2nc(Nc3ccc(OCCN4CC[C@H](F)C4)cc3)nc2N)cc1. The highest BCUT2D eigenvalue weighted by Crippen LogP contribution is 2.20. The van der Waals surface area contributed by atoms with Gasteiger partial charge >= 0.3 is 0 Å². The third kappa shape index (κ3) is 5.58. The second kappa shape index (κ2) is 9.86. The largest absolute Gasteiger partial charge is 0.492 e. The summed E-state index contributed by atoms with van der Waals surface area (Å²) < 4.78 is 20.0. The molecule has 2 heterocycles. The summed E-state index contributed by atoms with van der Waals surface area (Å²) in [7, 11) is 3.86. The molecule has 1 aliphatic rings. The summed E-state index contributed by atoms with van der Waals surface area (Å²) in [5.74, 6) is 0.566. The fraction of sp³-hybridized carbons (Fsp3) is 0.348. The summed E-state index contributed by atoms with van der Waals surface area (Å²) in [6.45, 7) is 2.46. The topological polar surface area (TPSA) is 102 Å². The number of nitrogens with two attached hydrogens (primary N) is 1. The smallest absolute Gasteiger partial charge is 0.281 e. The first-order valence-electron chi connectivity index (χ1n) is 10.8. The Morgan fingerprint density at radius 2 is 1.94 bits per heavy atom. The van der Waals surface area contributed by atoms with E-state index in [1.54, 1.807) is 12.1 Å². The van der Waals surface area contributed by atoms with Crippen LogP contribution in [-0.4, -0.2) is 72.1 Å². The Bertz CT molecular complexity index is 1080. The van der Waals surface area contributed by atoms with E-state index in [0.29, 0.717) is 37.4 Å². The number of alkyl halides is 1. The maximum atomic E-state index is 13.2. The number of carbonyl (C=O) groups excluding carboxylic acids is 1. The number of hydrogen-bond acceptors (Lipinski definition) is 8. The average molecular weight is 454 g/mol. The monoisotopic (exact) mass is 453 g/mol. The number of carbonyl (C=O) groups is 1. The van der Waals surface area contributed by atoms with Gasteiger partial charge in [0.25, 0.3) is 5.91 Å². The van der Waals surface area contributed by atoms with Crippen molar-refractivity contribution in [1.82, 2.24) is 19.7 Å². The zero-order chi connectivity index (χ0) is 23.4. The van der Waals surface area contributed by atoms with Crippen LogP contribution in [0.5, 0.6) is 5.75 Å². The van der Waals surface area contributed by atoms with Crippen LogP contribution in [0, 0.1) is 0 Å². The van der Waals surface area contributed by atoms with Gasteiger partial charge in [-0.05, 0) is 55.0 Å². The van der Waals surface area contributed by atoms with Gasteiger partial charge in [0.2, 0.25) is 11.9 Å². The minimum Gasteiger partial charge on any atom is -0.492 e. The molecule has 0 spiro atoms. The quantitative estimate of drug-likeness (QED) is 0.537. The fourth-order valence-corrected chi connectivity index (χ4v) is 3.60. The van der Waals surface area contributed by atoms with E-state index >= 15 is 0 Å². The molecular formula is C23H28FN7O2. The molecule has 33 heavy (non-hydrogen) atoms. The molecular weight excluding hydrogens is 425 g/mol. The predicted molar refractivity (Wildman–Crippen MR) is 126 cm³/mol. The Morgan fingerprint density at radius 1 is 1.21 bits per heavy atom. The van der Waals surface area contributed by atoms with Crippen molar-refractivity contribution in [3.05, 3.63) is 54.1 Å². The van der Waals surface area contributed by atoms with E-state index in [9.17, 15) is 9.18 Å². The van der Waals surface area contributed by atoms with E-state index < -0.39 is 6.17 Å². The molecule has 3 aromatic rings. The van der Waals surface area contributed by atoms with E-state index in [1.165, 1.54) is 0 Å². The van der Waals surface area contributed by atoms with Crippen molar-refractivity contribution in [2.24, 2.45) is 0 Å². The molecule has 1 atom stereocenters. The standard InChI is InChI=1S/C23H28FN7O2/c1-29(2)19-7-3-16(4-8-19)21(32)31-22(25)27-23(28-31)26-18-5-9-20(10-6-18)33-14-13-30-12-11-17(24)15-30/h3-10,17H,11-15H2,1-2H3,(H3,25,26,27,28)/t17-/m0/s1. The molecule has 0 saturated carbocycles. The lowest BCUT2D eigenvalue weighted by atomic mass is 10.2. The highest BCUT2D eigenvalue weighted by molar-refractivity contribution is 5.97. The number of halogens is 1. The molecule has 1 aliphatic heterocycles. The number of hydrogen-bond donors (Lipinski definition) is 2. The van der Waals surface area contributed by atoms with Crippen LogP contribution in [0.4, 0.5) is 27.7 Å². The van der Waals surface area contributed by atoms with Crippen molar-refractivity contribution in [2.45, 2.75) is 12.6 Å². The first-order chi connectivity index (χ1) is 15.9. The van der Waals surface area contributed by atoms with Gasteiger partial charge in [0.05, 0.1) is 0 Å². The molecule has 0 unspecified atom stereocenters. The number of aromatic nitrogens is 3. The molecule has 0 amide bonds. The van der Waals surface area contributed by atoms with E-state index in [1.807, 2.05) is 55.4 Å². The Morgan fingerprint density at radius 3 is 2.58 bits per heavy atom. The molecule has 10 heteroatoms. The number of nitrogens with zero attached hydrogens (tertiary/aromatic N) is 5. The van der Waals surface area contributed by atoms with Crippen molar-refractivity contribution in [3.63, 3.8) is 0 Å². The number of benzene rings is 2. The summed E-state index contributed by atoms with van der Waals surface area (Å²) in [6, 6.07) is 14.4. The van der Waals surface area contributed by atoms with E-state index in [-0.39, 0.29) is 17.8 Å². The van der Waals surface area contributed by atoms with Gasteiger partial charge in [-0.2, -0.15) is 9.67 Å². The van der Waals surface area contributed by atoms with Crippen LogP contribution in [0.1, 0.15) is 16.8 Å². The van der Waals surface area contributed by atoms with Crippen molar-refractivity contribution in [2.75, 3.05) is 56.3 Å². The molecule has 1 saturated heterocycles. The van der Waals surface area contributed by atoms with E-state index in [0.717, 1.165) is 22.6 Å². The highest BCUT2D eigenvalue weighted by Gasteiger charge is 2.21. The third-order valence-corrected chi connectivity index (χ3v) is 5.46. The van der Waals surface area contributed by atoms with Crippen LogP contribution in [0.25, 0.3) is 0 Å². The Labute approximate surface area is 192 Å². The number of nitrogens with one attached hydrogen (secondary N) is 1. The Kier molecular flexibility index (Phi) is 6.74. The van der Waals surface area contributed by atoms with Crippen LogP contribution in [0.15, 0.2) is 48.5 Å². The summed E-state index contributed by atoms with van der Waals surface area (Å²) >= 11 is 0. The van der Waals surface area contributed by atoms with Gasteiger partial charge in [0.1, 0.15) is 18.5 Å². The second-order valence-electron chi connectivity index (χ2n) is 8.14. The molecule has 9 nitrogen and oxygen atoms in total. The van der Waals surface area contributed by atoms with Crippen molar-refractivity contribution in [1.29, 1.82) is 0 Å². The lowest BCUT2D eigenvalue weighted by molar-refractivity contribution is 0.0948. The van der Waals surface area contributed by atoms with Gasteiger partial charge in [-0.15, -0.1) is 5.10 Å². The predicted octanol–water partition coefficient (Wildman–Crippen LogP) is 2.78. The van der Waals surface area contributed by atoms with Gasteiger partial charge in [-0.1, -0.05) is 0 Å². The number of rotatable bonds is 8. The molecule has 3 N–H and O–H groups in total. The van der Waals surface area contributed by atoms with E-state index in [2.05, 4.69) is 20.3 Å². The van der Waals surface area contributed by atoms with Gasteiger partial charge in [-0.3, -0.25) is 9.69 Å². The molecule has 0 bridgehead atoms. The van der Waals surface area contributed by atoms with E-state index in [4.69, 9.17) is 10.5 Å². The lowest BCUT2D eigenvalue weighted by Crippen LogP contribution is -2.26. The molecule has 1 aromatic heterocycles. The average Bonchev–Trinajstić information content (AvgIpc) is 3.39. The van der Waals surface area contributed by atoms with Crippen LogP contribution in [-0.2, 0) is 0 Å². The number of ether oxygens (including phenoxy) is 1. The summed E-state index contributed by atoms with van der Waals surface area (Å²) in [5, 5.41) is 7.24. The van der Waals surface area contributed by atoms with Crippen LogP contribution < -0.4 is 20.7 Å². The lowest BCUT2D eigenvalue weighted by Gasteiger charge is -2.15. The summed E-state index contributed by atoms with van der Waals surface area (Å²) in [4.78, 5) is 20.9. The molecule has 2 aromatic carbocycles. The normalized spacial score (nSPS) is 16.0. The third-order valence-electron chi connectivity index (χ3n) is 5.46. The summed E-state index contributed by atoms with van der Waals surface area (Å²) in [5.41, 5.74) is 8.09. The molecule has 0 aliphatic carbocycles. The zero-order valence-corrected chi connectivity index (χ0v) is 18.7. The van der Waals surface area contributed by atoms with Crippen LogP contribution >= 0.6 is 0 Å². The molecule has 0 radical (unpaired) electrons. The number of likely N-dealkylation sites (tertiary alicyclic amines) is 1. The molecule has 4 rings (SSSR count). The number of nitrogen functional groups attached to an aromatic ring is 1. The van der Waals surface area contributed by atoms with Gasteiger partial charge in [0.15, 0.2) is 0 Å². The second-order valence-corrected chi connectivity index (χ2v) is 8.14. The minimum atomic E-state index is -0.722. The summed E-state index contributed by atoms with van der Waals surface area (Å²) in [6.07, 6.45) is -0.122. The highest BCUT2D eigenvalue weighted by atomic mass is 19.1. The first-order valence-corrected chi connectivity index (χ1v) is 10.8. The van der Waals surface area contributed by atoms with Gasteiger partial charge in [-0.25, -0.2) is 4.39 Å². The fourth-order valence-electron chi connectivity index (χ4n) is 3.60. The van der Waals surface area contributed by atoms with Crippen LogP contribution in [0.3, 0.4) is 0 Å². The first kappa shape index (κ1) is 22.5. The van der Waals surface area contributed by atoms with Crippen molar-refractivity contribution < 1.29 is 13.9 Å².